The number of halogens is 1. The van der Waals surface area contributed by atoms with Gasteiger partial charge in [0.05, 0.1) is 35.3 Å². The van der Waals surface area contributed by atoms with Crippen LogP contribution >= 0.6 is 15.9 Å². The Hall–Kier alpha value is -3.04. The minimum Gasteiger partial charge on any atom is -0.496 e. The Morgan fingerprint density at radius 1 is 0.921 bits per heavy atom. The van der Waals surface area contributed by atoms with Crippen LogP contribution in [0.5, 0.6) is 11.5 Å². The van der Waals surface area contributed by atoms with Crippen molar-refractivity contribution in [3.8, 4) is 11.5 Å². The molecule has 0 aliphatic carbocycles. The quantitative estimate of drug-likeness (QED) is 0.295. The lowest BCUT2D eigenvalue weighted by Gasteiger charge is -2.26. The van der Waals surface area contributed by atoms with E-state index < -0.39 is 15.9 Å². The molecular weight excluding hydrogens is 568 g/mol. The number of carbonyl (C=O) groups is 1. The summed E-state index contributed by atoms with van der Waals surface area (Å²) in [4.78, 5) is 13.3. The lowest BCUT2D eigenvalue weighted by molar-refractivity contribution is -0.120. The van der Waals surface area contributed by atoms with Gasteiger partial charge in [-0.05, 0) is 102 Å². The standard InChI is InChI=1S/C29H35BrN2O5S/c1-18(2)24-16-25(20(4)14-28(24)37-7)21(5)31-29(33)17-32(22-10-8-19(3)9-11-22)38(34,35)23-12-13-27(36-6)26(30)15-23/h8-16,18,21H,17H2,1-7H3,(H,31,33). The summed E-state index contributed by atoms with van der Waals surface area (Å²) in [6.45, 7) is 9.56. The van der Waals surface area contributed by atoms with Crippen LogP contribution in [0.1, 0.15) is 55.0 Å². The Bertz CT molecular complexity index is 1410. The third-order valence-electron chi connectivity index (χ3n) is 6.40. The zero-order valence-electron chi connectivity index (χ0n) is 22.8. The van der Waals surface area contributed by atoms with Crippen molar-refractivity contribution in [3.63, 3.8) is 0 Å². The Kier molecular flexibility index (Phi) is 9.49. The summed E-state index contributed by atoms with van der Waals surface area (Å²) in [5, 5.41) is 2.99. The molecule has 9 heteroatoms. The lowest BCUT2D eigenvalue weighted by Crippen LogP contribution is -2.41. The first-order chi connectivity index (χ1) is 17.9. The first kappa shape index (κ1) is 29.5. The number of sulfonamides is 1. The molecule has 0 aliphatic rings. The fourth-order valence-electron chi connectivity index (χ4n) is 4.27. The molecule has 0 aliphatic heterocycles. The molecule has 1 unspecified atom stereocenters. The largest absolute Gasteiger partial charge is 0.496 e. The molecule has 0 bridgehead atoms. The van der Waals surface area contributed by atoms with Crippen molar-refractivity contribution in [3.05, 3.63) is 81.3 Å². The molecule has 0 saturated heterocycles. The monoisotopic (exact) mass is 602 g/mol. The van der Waals surface area contributed by atoms with Gasteiger partial charge in [-0.15, -0.1) is 0 Å². The predicted molar refractivity (Wildman–Crippen MR) is 155 cm³/mol. The minimum atomic E-state index is -4.07. The number of ether oxygens (including phenoxy) is 2. The average Bonchev–Trinajstić information content (AvgIpc) is 2.87. The van der Waals surface area contributed by atoms with Crippen LogP contribution in [-0.2, 0) is 14.8 Å². The van der Waals surface area contributed by atoms with E-state index in [-0.39, 0.29) is 23.4 Å². The van der Waals surface area contributed by atoms with Crippen LogP contribution < -0.4 is 19.1 Å². The van der Waals surface area contributed by atoms with Crippen molar-refractivity contribution < 1.29 is 22.7 Å². The number of anilines is 1. The van der Waals surface area contributed by atoms with Crippen molar-refractivity contribution in [1.29, 1.82) is 0 Å². The molecule has 0 heterocycles. The number of methoxy groups -OCH3 is 2. The summed E-state index contributed by atoms with van der Waals surface area (Å²) in [5.74, 6) is 1.13. The number of amides is 1. The highest BCUT2D eigenvalue weighted by Crippen LogP contribution is 2.33. The van der Waals surface area contributed by atoms with Crippen LogP contribution in [0.4, 0.5) is 5.69 Å². The second-order valence-electron chi connectivity index (χ2n) is 9.54. The number of nitrogens with zero attached hydrogens (tertiary/aromatic N) is 1. The van der Waals surface area contributed by atoms with Gasteiger partial charge in [0.2, 0.25) is 5.91 Å². The van der Waals surface area contributed by atoms with Gasteiger partial charge in [0.15, 0.2) is 0 Å². The van der Waals surface area contributed by atoms with Crippen molar-refractivity contribution >= 4 is 37.5 Å². The molecular formula is C29H35BrN2O5S. The number of carbonyl (C=O) groups excluding carboxylic acids is 1. The molecule has 1 atom stereocenters. The topological polar surface area (TPSA) is 84.9 Å². The van der Waals surface area contributed by atoms with Gasteiger partial charge in [-0.2, -0.15) is 0 Å². The molecule has 1 amide bonds. The van der Waals surface area contributed by atoms with E-state index in [0.29, 0.717) is 15.9 Å². The van der Waals surface area contributed by atoms with Crippen LogP contribution in [0.25, 0.3) is 0 Å². The maximum atomic E-state index is 13.8. The summed E-state index contributed by atoms with van der Waals surface area (Å²) in [6.07, 6.45) is 0. The first-order valence-electron chi connectivity index (χ1n) is 12.3. The summed E-state index contributed by atoms with van der Waals surface area (Å²) in [7, 11) is -0.922. The van der Waals surface area contributed by atoms with Crippen LogP contribution in [0.2, 0.25) is 0 Å². The molecule has 0 radical (unpaired) electrons. The number of aryl methyl sites for hydroxylation is 2. The number of hydrogen-bond acceptors (Lipinski definition) is 5. The van der Waals surface area contributed by atoms with Crippen LogP contribution in [-0.4, -0.2) is 35.1 Å². The number of benzene rings is 3. The third kappa shape index (κ3) is 6.50. The third-order valence-corrected chi connectivity index (χ3v) is 8.79. The van der Waals surface area contributed by atoms with Crippen molar-refractivity contribution in [2.75, 3.05) is 25.1 Å². The fourth-order valence-corrected chi connectivity index (χ4v) is 6.41. The van der Waals surface area contributed by atoms with Gasteiger partial charge in [-0.3, -0.25) is 9.10 Å². The fraction of sp³-hybridized carbons (Fsp3) is 0.345. The van der Waals surface area contributed by atoms with Crippen LogP contribution in [0, 0.1) is 13.8 Å². The molecule has 0 saturated carbocycles. The molecule has 0 fully saturated rings. The maximum Gasteiger partial charge on any atom is 0.264 e. The van der Waals surface area contributed by atoms with E-state index in [0.717, 1.165) is 32.3 Å². The van der Waals surface area contributed by atoms with Gasteiger partial charge in [0, 0.05) is 0 Å². The molecule has 3 aromatic carbocycles. The second kappa shape index (κ2) is 12.2. The lowest BCUT2D eigenvalue weighted by atomic mass is 9.93. The highest BCUT2D eigenvalue weighted by atomic mass is 79.9. The van der Waals surface area contributed by atoms with E-state index in [1.807, 2.05) is 45.0 Å². The Morgan fingerprint density at radius 3 is 2.11 bits per heavy atom. The summed E-state index contributed by atoms with van der Waals surface area (Å²) in [6, 6.07) is 15.2. The normalized spacial score (nSPS) is 12.2. The van der Waals surface area contributed by atoms with Crippen LogP contribution in [0.3, 0.4) is 0 Å². The summed E-state index contributed by atoms with van der Waals surface area (Å²) >= 11 is 3.36. The minimum absolute atomic E-state index is 0.0409. The van der Waals surface area contributed by atoms with E-state index >= 15 is 0 Å². The molecule has 3 aromatic rings. The van der Waals surface area contributed by atoms with Gasteiger partial charge in [-0.1, -0.05) is 31.5 Å². The summed E-state index contributed by atoms with van der Waals surface area (Å²) in [5.41, 5.74) is 4.35. The molecule has 0 spiro atoms. The zero-order chi connectivity index (χ0) is 28.2. The van der Waals surface area contributed by atoms with Crippen LogP contribution in [0.15, 0.2) is 64.0 Å². The van der Waals surface area contributed by atoms with E-state index in [4.69, 9.17) is 9.47 Å². The zero-order valence-corrected chi connectivity index (χ0v) is 25.2. The van der Waals surface area contributed by atoms with E-state index in [1.165, 1.54) is 19.2 Å². The van der Waals surface area contributed by atoms with E-state index in [9.17, 15) is 13.2 Å². The van der Waals surface area contributed by atoms with Crippen molar-refractivity contribution in [2.24, 2.45) is 0 Å². The smallest absolute Gasteiger partial charge is 0.264 e. The highest BCUT2D eigenvalue weighted by Gasteiger charge is 2.29. The van der Waals surface area contributed by atoms with Gasteiger partial charge in [0.25, 0.3) is 10.0 Å². The molecule has 38 heavy (non-hydrogen) atoms. The molecule has 0 aromatic heterocycles. The molecule has 7 nitrogen and oxygen atoms in total. The highest BCUT2D eigenvalue weighted by molar-refractivity contribution is 9.10. The number of hydrogen-bond donors (Lipinski definition) is 1. The van der Waals surface area contributed by atoms with E-state index in [1.54, 1.807) is 25.3 Å². The first-order valence-corrected chi connectivity index (χ1v) is 14.5. The second-order valence-corrected chi connectivity index (χ2v) is 12.3. The summed E-state index contributed by atoms with van der Waals surface area (Å²) < 4.78 is 40.0. The van der Waals surface area contributed by atoms with Crippen molar-refractivity contribution in [1.82, 2.24) is 5.32 Å². The Labute approximate surface area is 234 Å². The SMILES string of the molecule is COc1ccc(S(=O)(=O)N(CC(=O)NC(C)c2cc(C(C)C)c(OC)cc2C)c2ccc(C)cc2)cc1Br. The van der Waals surface area contributed by atoms with Gasteiger partial charge in [-0.25, -0.2) is 8.42 Å². The Morgan fingerprint density at radius 2 is 1.55 bits per heavy atom. The van der Waals surface area contributed by atoms with E-state index in [2.05, 4.69) is 35.1 Å². The molecule has 3 rings (SSSR count). The van der Waals surface area contributed by atoms with Crippen molar-refractivity contribution in [2.45, 2.75) is 51.5 Å². The maximum absolute atomic E-state index is 13.8. The van der Waals surface area contributed by atoms with Gasteiger partial charge in [0.1, 0.15) is 18.0 Å². The number of rotatable bonds is 10. The average molecular weight is 604 g/mol. The molecule has 204 valence electrons. The number of nitrogens with one attached hydrogen (secondary N) is 1. The Balaban J connectivity index is 1.94. The molecule has 1 N–H and O–H groups in total. The van der Waals surface area contributed by atoms with Gasteiger partial charge >= 0.3 is 0 Å². The van der Waals surface area contributed by atoms with Gasteiger partial charge < -0.3 is 14.8 Å². The predicted octanol–water partition coefficient (Wildman–Crippen LogP) is 6.28.